The number of amides is 3. The molecule has 2 aliphatic heterocycles. The maximum absolute atomic E-state index is 12.3. The van der Waals surface area contributed by atoms with Gasteiger partial charge < -0.3 is 9.64 Å². The topological polar surface area (TPSA) is 82.5 Å². The third-order valence-corrected chi connectivity index (χ3v) is 3.53. The highest BCUT2D eigenvalue weighted by Crippen LogP contribution is 2.22. The van der Waals surface area contributed by atoms with Crippen molar-refractivity contribution in [3.63, 3.8) is 0 Å². The Morgan fingerprint density at radius 3 is 2.32 bits per heavy atom. The monoisotopic (exact) mass is 310 g/mol. The molecule has 0 aliphatic carbocycles. The summed E-state index contributed by atoms with van der Waals surface area (Å²) in [5.74, 6) is -0.238. The lowest BCUT2D eigenvalue weighted by molar-refractivity contribution is -0.127. The number of likely N-dealkylation sites (tertiary alicyclic amines) is 1. The number of nitrogens with zero attached hydrogens (tertiary/aromatic N) is 4. The van der Waals surface area contributed by atoms with Crippen LogP contribution in [0.1, 0.15) is 27.2 Å². The number of carbonyl (C=O) groups excluding carboxylic acids is 3. The Morgan fingerprint density at radius 1 is 1.27 bits per heavy atom. The molecule has 1 atom stereocenters. The Labute approximate surface area is 129 Å². The fourth-order valence-corrected chi connectivity index (χ4v) is 2.26. The first-order valence-corrected chi connectivity index (χ1v) is 7.20. The molecule has 2 heterocycles. The van der Waals surface area contributed by atoms with Gasteiger partial charge in [-0.05, 0) is 27.2 Å². The molecule has 0 saturated carbocycles. The number of hydrogen-bond donors (Lipinski definition) is 0. The summed E-state index contributed by atoms with van der Waals surface area (Å²) >= 11 is 0. The molecule has 2 aliphatic rings. The van der Waals surface area contributed by atoms with E-state index in [1.165, 1.54) is 9.80 Å². The zero-order valence-corrected chi connectivity index (χ0v) is 13.6. The highest BCUT2D eigenvalue weighted by atomic mass is 16.6. The van der Waals surface area contributed by atoms with Gasteiger partial charge >= 0.3 is 6.09 Å². The molecule has 0 bridgehead atoms. The molecule has 0 N–H and O–H groups in total. The van der Waals surface area contributed by atoms with Gasteiger partial charge in [0, 0.05) is 20.6 Å². The SMILES string of the molecule is CN1CC(=O)N(C)C1=NC(=O)[C@H]1CCN1C(=O)OC(C)(C)C. The van der Waals surface area contributed by atoms with Crippen molar-refractivity contribution in [2.75, 3.05) is 27.2 Å². The summed E-state index contributed by atoms with van der Waals surface area (Å²) in [6, 6.07) is -0.611. The van der Waals surface area contributed by atoms with Crippen molar-refractivity contribution in [2.24, 2.45) is 4.99 Å². The minimum absolute atomic E-state index is 0.119. The summed E-state index contributed by atoms with van der Waals surface area (Å²) in [7, 11) is 3.27. The molecule has 0 spiro atoms. The molecule has 0 aromatic heterocycles. The van der Waals surface area contributed by atoms with Crippen molar-refractivity contribution in [1.82, 2.24) is 14.7 Å². The Kier molecular flexibility index (Phi) is 4.12. The highest BCUT2D eigenvalue weighted by molar-refractivity contribution is 6.08. The van der Waals surface area contributed by atoms with Crippen LogP contribution in [0.2, 0.25) is 0 Å². The minimum atomic E-state index is -0.611. The van der Waals surface area contributed by atoms with E-state index < -0.39 is 23.6 Å². The first kappa shape index (κ1) is 16.3. The van der Waals surface area contributed by atoms with Gasteiger partial charge in [-0.25, -0.2) is 4.79 Å². The predicted molar refractivity (Wildman–Crippen MR) is 79.2 cm³/mol. The maximum Gasteiger partial charge on any atom is 0.410 e. The van der Waals surface area contributed by atoms with E-state index >= 15 is 0 Å². The quantitative estimate of drug-likeness (QED) is 0.695. The van der Waals surface area contributed by atoms with Crippen LogP contribution in [0, 0.1) is 0 Å². The van der Waals surface area contributed by atoms with E-state index in [0.717, 1.165) is 0 Å². The van der Waals surface area contributed by atoms with Crippen LogP contribution in [-0.2, 0) is 14.3 Å². The van der Waals surface area contributed by atoms with Crippen LogP contribution in [0.5, 0.6) is 0 Å². The average molecular weight is 310 g/mol. The number of likely N-dealkylation sites (N-methyl/N-ethyl adjacent to an activating group) is 2. The first-order valence-electron chi connectivity index (χ1n) is 7.20. The van der Waals surface area contributed by atoms with Gasteiger partial charge in [0.25, 0.3) is 5.91 Å². The lowest BCUT2D eigenvalue weighted by Crippen LogP contribution is -2.56. The van der Waals surface area contributed by atoms with Gasteiger partial charge in [0.15, 0.2) is 0 Å². The van der Waals surface area contributed by atoms with Crippen molar-refractivity contribution in [2.45, 2.75) is 38.8 Å². The lowest BCUT2D eigenvalue weighted by Gasteiger charge is -2.39. The molecule has 8 nitrogen and oxygen atoms in total. The molecule has 0 radical (unpaired) electrons. The molecule has 2 saturated heterocycles. The van der Waals surface area contributed by atoms with Gasteiger partial charge in [0.05, 0.1) is 6.54 Å². The number of guanidine groups is 1. The molecular weight excluding hydrogens is 288 g/mol. The van der Waals surface area contributed by atoms with Crippen LogP contribution in [0.15, 0.2) is 4.99 Å². The van der Waals surface area contributed by atoms with E-state index in [1.54, 1.807) is 39.8 Å². The van der Waals surface area contributed by atoms with E-state index in [4.69, 9.17) is 4.74 Å². The Morgan fingerprint density at radius 2 is 1.91 bits per heavy atom. The average Bonchev–Trinajstić information content (AvgIpc) is 2.51. The Hall–Kier alpha value is -2.12. The van der Waals surface area contributed by atoms with Crippen molar-refractivity contribution in [3.05, 3.63) is 0 Å². The van der Waals surface area contributed by atoms with Crippen molar-refractivity contribution < 1.29 is 19.1 Å². The van der Waals surface area contributed by atoms with Gasteiger partial charge in [0.2, 0.25) is 11.9 Å². The van der Waals surface area contributed by atoms with E-state index in [9.17, 15) is 14.4 Å². The smallest absolute Gasteiger partial charge is 0.410 e. The zero-order valence-electron chi connectivity index (χ0n) is 13.6. The largest absolute Gasteiger partial charge is 0.444 e. The molecule has 2 fully saturated rings. The van der Waals surface area contributed by atoms with Crippen LogP contribution in [0.25, 0.3) is 0 Å². The van der Waals surface area contributed by atoms with E-state index in [-0.39, 0.29) is 12.5 Å². The summed E-state index contributed by atoms with van der Waals surface area (Å²) < 4.78 is 5.26. The van der Waals surface area contributed by atoms with Crippen molar-refractivity contribution in [3.8, 4) is 0 Å². The van der Waals surface area contributed by atoms with Crippen LogP contribution in [0.4, 0.5) is 4.79 Å². The Bertz CT molecular complexity index is 537. The van der Waals surface area contributed by atoms with Gasteiger partial charge in [-0.1, -0.05) is 0 Å². The molecule has 2 rings (SSSR count). The third kappa shape index (κ3) is 3.20. The summed E-state index contributed by atoms with van der Waals surface area (Å²) in [5, 5.41) is 0. The first-order chi connectivity index (χ1) is 10.1. The van der Waals surface area contributed by atoms with Crippen LogP contribution in [0.3, 0.4) is 0 Å². The van der Waals surface area contributed by atoms with E-state index in [1.807, 2.05) is 0 Å². The standard InChI is InChI=1S/C14H22N4O4/c1-14(2,3)22-13(21)18-7-6-9(18)11(20)15-12-16(4)8-10(19)17(12)5/h9H,6-8H2,1-5H3/t9-/m1/s1. The van der Waals surface area contributed by atoms with E-state index in [0.29, 0.717) is 18.9 Å². The van der Waals surface area contributed by atoms with Crippen molar-refractivity contribution in [1.29, 1.82) is 0 Å². The zero-order chi connectivity index (χ0) is 16.7. The molecule has 122 valence electrons. The van der Waals surface area contributed by atoms with E-state index in [2.05, 4.69) is 4.99 Å². The van der Waals surface area contributed by atoms with Gasteiger partial charge in [0.1, 0.15) is 11.6 Å². The molecule has 0 aromatic rings. The summed E-state index contributed by atoms with van der Waals surface area (Å²) in [6.45, 7) is 5.99. The summed E-state index contributed by atoms with van der Waals surface area (Å²) in [6.07, 6.45) is 0.0393. The molecule has 0 aromatic carbocycles. The molecule has 0 unspecified atom stereocenters. The number of hydrogen-bond acceptors (Lipinski definition) is 4. The second-order valence-corrected chi connectivity index (χ2v) is 6.54. The molecular formula is C14H22N4O4. The normalized spacial score (nSPS) is 23.9. The molecule has 22 heavy (non-hydrogen) atoms. The number of carbonyl (C=O) groups is 3. The molecule has 8 heteroatoms. The second-order valence-electron chi connectivity index (χ2n) is 6.54. The number of ether oxygens (including phenoxy) is 1. The highest BCUT2D eigenvalue weighted by Gasteiger charge is 2.41. The molecule has 3 amide bonds. The van der Waals surface area contributed by atoms with Crippen LogP contribution in [-0.4, -0.2) is 77.4 Å². The number of rotatable bonds is 1. The lowest BCUT2D eigenvalue weighted by atomic mass is 10.0. The van der Waals surface area contributed by atoms with Gasteiger partial charge in [-0.15, -0.1) is 0 Å². The summed E-state index contributed by atoms with van der Waals surface area (Å²) in [4.78, 5) is 44.1. The van der Waals surface area contributed by atoms with Crippen LogP contribution < -0.4 is 0 Å². The minimum Gasteiger partial charge on any atom is -0.444 e. The summed E-state index contributed by atoms with van der Waals surface area (Å²) in [5.41, 5.74) is -0.607. The maximum atomic E-state index is 12.3. The van der Waals surface area contributed by atoms with Crippen molar-refractivity contribution >= 4 is 23.9 Å². The van der Waals surface area contributed by atoms with Gasteiger partial charge in [-0.2, -0.15) is 4.99 Å². The second kappa shape index (κ2) is 5.58. The van der Waals surface area contributed by atoms with Gasteiger partial charge in [-0.3, -0.25) is 19.4 Å². The fraction of sp³-hybridized carbons (Fsp3) is 0.714. The van der Waals surface area contributed by atoms with Crippen LogP contribution >= 0.6 is 0 Å². The number of aliphatic imine (C=N–C) groups is 1. The fourth-order valence-electron chi connectivity index (χ4n) is 2.26. The predicted octanol–water partition coefficient (Wildman–Crippen LogP) is 0.282. The Balaban J connectivity index is 2.05. The third-order valence-electron chi connectivity index (χ3n) is 3.53.